The van der Waals surface area contributed by atoms with E-state index in [0.717, 1.165) is 35.3 Å². The van der Waals surface area contributed by atoms with Crippen LogP contribution in [0.15, 0.2) is 56.2 Å². The van der Waals surface area contributed by atoms with E-state index in [0.29, 0.717) is 0 Å². The molecule has 15 heteroatoms. The molecule has 0 aliphatic carbocycles. The van der Waals surface area contributed by atoms with Gasteiger partial charge in [-0.25, -0.2) is 0 Å². The topological polar surface area (TPSA) is 109 Å². The lowest BCUT2D eigenvalue weighted by Crippen LogP contribution is -2.36. The maximum Gasteiger partial charge on any atom is 0.423 e. The van der Waals surface area contributed by atoms with Crippen molar-refractivity contribution in [2.24, 2.45) is 5.73 Å². The Bertz CT molecular complexity index is 778. The normalized spacial score (nSPS) is 10.2. The summed E-state index contributed by atoms with van der Waals surface area (Å²) >= 11 is 0. The molecule has 0 fully saturated rings. The smallest absolute Gasteiger partial charge is 0.414 e. The molecule has 0 amide bonds. The van der Waals surface area contributed by atoms with E-state index in [1.807, 2.05) is 57.2 Å². The third kappa shape index (κ3) is 39.4. The standard InChI is InChI=1S/C10H13O2Si.C6H15O2Si.C6H13O2Si.C5H11O2Si.C4H9OSi.CH5N/c1-4-9-7-5-6-8-10(9)13(11-2)12-3;2*1-4-5-6-9(7-2)8-3;1-4-5-8(6-2)7-3;1-4(2,3)5-6;1-2/h4-8H,1H2,2-3H3;4-6H2,1-3H3;4H,1,5-6H2,2-3H3;4H,1,5H2,2-3H3;1-3H3;2H2,1H3. The highest BCUT2D eigenvalue weighted by Gasteiger charge is 2.17. The summed E-state index contributed by atoms with van der Waals surface area (Å²) < 4.78 is 45.4. The third-order valence-electron chi connectivity index (χ3n) is 5.04. The van der Waals surface area contributed by atoms with Gasteiger partial charge in [0.15, 0.2) is 0 Å². The number of unbranched alkanes of at least 4 members (excludes halogenated alkanes) is 1. The van der Waals surface area contributed by atoms with Crippen LogP contribution in [-0.2, 0) is 39.8 Å². The highest BCUT2D eigenvalue weighted by Crippen LogP contribution is 2.03. The van der Waals surface area contributed by atoms with E-state index in [1.54, 1.807) is 63.0 Å². The van der Waals surface area contributed by atoms with Crippen LogP contribution in [0.1, 0.15) is 52.5 Å². The molecule has 1 rings (SSSR count). The van der Waals surface area contributed by atoms with Gasteiger partial charge in [0.05, 0.1) is 0 Å². The van der Waals surface area contributed by atoms with E-state index in [-0.39, 0.29) is 5.60 Å². The van der Waals surface area contributed by atoms with Gasteiger partial charge < -0.3 is 45.6 Å². The highest BCUT2D eigenvalue weighted by molar-refractivity contribution is 6.62. The molecule has 1 aromatic carbocycles. The first-order valence-electron chi connectivity index (χ1n) is 15.1. The third-order valence-corrected chi connectivity index (χ3v) is 12.1. The summed E-state index contributed by atoms with van der Waals surface area (Å²) in [4.78, 5) is 0. The van der Waals surface area contributed by atoms with Gasteiger partial charge >= 0.3 is 37.1 Å². The Balaban J connectivity index is -0.000000158. The van der Waals surface area contributed by atoms with Gasteiger partial charge in [-0.1, -0.05) is 68.8 Å². The average molecular weight is 749 g/mol. The van der Waals surface area contributed by atoms with E-state index < -0.39 is 37.1 Å². The molecule has 0 aromatic heterocycles. The Morgan fingerprint density at radius 1 is 0.702 bits per heavy atom. The molecule has 0 unspecified atom stereocenters. The lowest BCUT2D eigenvalue weighted by atomic mass is 10.2. The molecule has 0 saturated carbocycles. The molecule has 10 nitrogen and oxygen atoms in total. The lowest BCUT2D eigenvalue weighted by molar-refractivity contribution is 0.147. The first kappa shape index (κ1) is 55.5. The monoisotopic (exact) mass is 748 g/mol. The second-order valence-electron chi connectivity index (χ2n) is 9.47. The van der Waals surface area contributed by atoms with Crippen LogP contribution < -0.4 is 10.9 Å². The second-order valence-corrected chi connectivity index (χ2v) is 17.7. The van der Waals surface area contributed by atoms with Gasteiger partial charge in [0.1, 0.15) is 0 Å². The van der Waals surface area contributed by atoms with E-state index in [9.17, 15) is 0 Å². The molecule has 2 N–H and O–H groups in total. The Kier molecular flexibility index (Phi) is 51.0. The predicted octanol–water partition coefficient (Wildman–Crippen LogP) is 5.64. The summed E-state index contributed by atoms with van der Waals surface area (Å²) in [6.07, 6.45) is 8.93. The largest absolute Gasteiger partial charge is 0.423 e. The van der Waals surface area contributed by atoms with Crippen LogP contribution in [-0.4, -0.2) is 117 Å². The Morgan fingerprint density at radius 3 is 1.43 bits per heavy atom. The molecule has 0 bridgehead atoms. The van der Waals surface area contributed by atoms with Crippen LogP contribution in [0, 0.1) is 0 Å². The molecule has 1 aromatic rings. The molecule has 0 aliphatic heterocycles. The van der Waals surface area contributed by atoms with Crippen molar-refractivity contribution >= 4 is 58.9 Å². The Morgan fingerprint density at radius 2 is 1.13 bits per heavy atom. The summed E-state index contributed by atoms with van der Waals surface area (Å²) in [5.74, 6) is 0. The highest BCUT2D eigenvalue weighted by atomic mass is 28.3. The maximum atomic E-state index is 5.26. The van der Waals surface area contributed by atoms with Crippen molar-refractivity contribution in [3.8, 4) is 0 Å². The minimum atomic E-state index is -1.31. The molecule has 7 radical (unpaired) electrons. The fourth-order valence-corrected chi connectivity index (χ4v) is 6.88. The van der Waals surface area contributed by atoms with Crippen LogP contribution in [0.3, 0.4) is 0 Å². The molecular weight excluding hydrogens is 683 g/mol. The van der Waals surface area contributed by atoms with Gasteiger partial charge in [-0.3, -0.25) is 0 Å². The van der Waals surface area contributed by atoms with Crippen molar-refractivity contribution in [3.63, 3.8) is 0 Å². The summed E-state index contributed by atoms with van der Waals surface area (Å²) in [5, 5.41) is 1.10. The van der Waals surface area contributed by atoms with Crippen LogP contribution >= 0.6 is 0 Å². The Hall–Kier alpha value is -0.876. The summed E-state index contributed by atoms with van der Waals surface area (Å²) in [6, 6.07) is 10.9. The van der Waals surface area contributed by atoms with Gasteiger partial charge in [-0.2, -0.15) is 0 Å². The molecule has 0 aliphatic rings. The van der Waals surface area contributed by atoms with E-state index in [4.69, 9.17) is 39.8 Å². The van der Waals surface area contributed by atoms with Crippen LogP contribution in [0.4, 0.5) is 0 Å². The van der Waals surface area contributed by atoms with Crippen LogP contribution in [0.2, 0.25) is 18.1 Å². The van der Waals surface area contributed by atoms with Crippen molar-refractivity contribution in [1.82, 2.24) is 0 Å². The van der Waals surface area contributed by atoms with Gasteiger partial charge in [0, 0.05) is 73.7 Å². The Labute approximate surface area is 299 Å². The van der Waals surface area contributed by atoms with E-state index >= 15 is 0 Å². The van der Waals surface area contributed by atoms with Crippen molar-refractivity contribution in [2.75, 3.05) is 63.9 Å². The van der Waals surface area contributed by atoms with Gasteiger partial charge in [-0.15, -0.1) is 13.2 Å². The lowest BCUT2D eigenvalue weighted by Gasteiger charge is -2.14. The first-order chi connectivity index (χ1) is 22.4. The summed E-state index contributed by atoms with van der Waals surface area (Å²) in [7, 11) is 13.7. The van der Waals surface area contributed by atoms with Crippen molar-refractivity contribution in [3.05, 3.63) is 61.7 Å². The predicted molar refractivity (Wildman–Crippen MR) is 206 cm³/mol. The van der Waals surface area contributed by atoms with Gasteiger partial charge in [0.2, 0.25) is 10.5 Å². The van der Waals surface area contributed by atoms with Gasteiger partial charge in [0.25, 0.3) is 0 Å². The van der Waals surface area contributed by atoms with Crippen molar-refractivity contribution in [2.45, 2.75) is 70.7 Å². The molecule has 0 spiro atoms. The van der Waals surface area contributed by atoms with Crippen LogP contribution in [0.25, 0.3) is 6.08 Å². The number of rotatable bonds is 18. The zero-order chi connectivity index (χ0) is 37.5. The minimum Gasteiger partial charge on any atom is -0.414 e. The van der Waals surface area contributed by atoms with Crippen molar-refractivity contribution in [1.29, 1.82) is 0 Å². The maximum absolute atomic E-state index is 5.26. The first-order valence-corrected chi connectivity index (χ1v) is 21.4. The quantitative estimate of drug-likeness (QED) is 0.150. The van der Waals surface area contributed by atoms with E-state index in [2.05, 4.69) is 42.9 Å². The molecule has 0 heterocycles. The number of hydrogen-bond donors (Lipinski definition) is 1. The van der Waals surface area contributed by atoms with Crippen LogP contribution in [0.5, 0.6) is 0 Å². The zero-order valence-corrected chi connectivity index (χ0v) is 36.7. The average Bonchev–Trinajstić information content (AvgIpc) is 3.10. The SMILES string of the molecule is C=CCC[Si](OC)OC.C=CC[Si](OC)OC.C=Cc1ccccc1[Si](OC)OC.CC(C)(C)O[Si].CCCC[Si](OC)OC.CN. The molecule has 0 saturated heterocycles. The summed E-state index contributed by atoms with van der Waals surface area (Å²) in [6.45, 7) is 19.0. The number of hydrogen-bond acceptors (Lipinski definition) is 10. The molecule has 273 valence electrons. The van der Waals surface area contributed by atoms with Gasteiger partial charge in [-0.05, 0) is 51.9 Å². The number of allylic oxidation sites excluding steroid dienone is 2. The molecule has 0 atom stereocenters. The molecular formula is C32H66NO9Si5. The van der Waals surface area contributed by atoms with Crippen molar-refractivity contribution < 1.29 is 39.8 Å². The molecule has 47 heavy (non-hydrogen) atoms. The zero-order valence-electron chi connectivity index (χ0n) is 31.7. The summed E-state index contributed by atoms with van der Waals surface area (Å²) in [5.41, 5.74) is 5.54. The number of nitrogens with two attached hydrogens (primary N) is 1. The minimum absolute atomic E-state index is 0.0448. The number of benzene rings is 1. The van der Waals surface area contributed by atoms with E-state index in [1.165, 1.54) is 19.9 Å². The fraction of sp³-hybridized carbons (Fsp3) is 0.625. The fourth-order valence-electron chi connectivity index (χ4n) is 2.65. The second kappa shape index (κ2) is 43.1.